The molecule has 0 saturated heterocycles. The van der Waals surface area contributed by atoms with Crippen LogP contribution in [0.3, 0.4) is 0 Å². The van der Waals surface area contributed by atoms with E-state index in [0.717, 1.165) is 0 Å². The van der Waals surface area contributed by atoms with E-state index in [2.05, 4.69) is 9.97 Å². The van der Waals surface area contributed by atoms with E-state index in [1.165, 1.54) is 19.4 Å². The molecule has 0 aliphatic rings. The minimum absolute atomic E-state index is 0.232. The number of aromatic nitrogens is 2. The number of aromatic amines is 1. The second kappa shape index (κ2) is 4.49. The number of hydrogen-bond acceptors (Lipinski definition) is 4. The summed E-state index contributed by atoms with van der Waals surface area (Å²) in [5.74, 6) is 0.922. The number of rotatable bonds is 2. The van der Waals surface area contributed by atoms with Crippen molar-refractivity contribution < 1.29 is 4.74 Å². The van der Waals surface area contributed by atoms with Gasteiger partial charge in [-0.3, -0.25) is 4.79 Å². The molecule has 2 aromatic rings. The highest BCUT2D eigenvalue weighted by molar-refractivity contribution is 5.61. The summed E-state index contributed by atoms with van der Waals surface area (Å²) in [6, 6.07) is 8.38. The summed E-state index contributed by atoms with van der Waals surface area (Å²) in [7, 11) is 1.50. The highest BCUT2D eigenvalue weighted by Crippen LogP contribution is 2.23. The Balaban J connectivity index is 2.55. The fraction of sp³-hybridized carbons (Fsp3) is 0.0833. The van der Waals surface area contributed by atoms with Crippen LogP contribution < -0.4 is 10.3 Å². The molecule has 0 saturated carbocycles. The Labute approximate surface area is 97.3 Å². The molecule has 0 atom stereocenters. The van der Waals surface area contributed by atoms with Crippen molar-refractivity contribution in [2.75, 3.05) is 7.11 Å². The van der Waals surface area contributed by atoms with E-state index in [-0.39, 0.29) is 5.56 Å². The summed E-state index contributed by atoms with van der Waals surface area (Å²) in [5, 5.41) is 8.95. The standard InChI is InChI=1S/C12H9N3O2/c1-17-10-3-2-8(6-9(10)7-13)12-14-5-4-11(16)15-12/h2-6H,1H3,(H,14,15,16). The normalized spacial score (nSPS) is 9.65. The zero-order valence-corrected chi connectivity index (χ0v) is 9.10. The molecule has 0 amide bonds. The van der Waals surface area contributed by atoms with Crippen molar-refractivity contribution in [2.45, 2.75) is 0 Å². The van der Waals surface area contributed by atoms with E-state index < -0.39 is 0 Å². The summed E-state index contributed by atoms with van der Waals surface area (Å²) >= 11 is 0. The van der Waals surface area contributed by atoms with E-state index in [0.29, 0.717) is 22.7 Å². The number of hydrogen-bond donors (Lipinski definition) is 1. The first kappa shape index (κ1) is 10.9. The van der Waals surface area contributed by atoms with Gasteiger partial charge in [0.15, 0.2) is 0 Å². The van der Waals surface area contributed by atoms with Gasteiger partial charge in [0.1, 0.15) is 17.6 Å². The average Bonchev–Trinajstić information content (AvgIpc) is 2.38. The largest absolute Gasteiger partial charge is 0.495 e. The van der Waals surface area contributed by atoms with Crippen LogP contribution in [0.5, 0.6) is 5.75 Å². The predicted molar refractivity (Wildman–Crippen MR) is 61.6 cm³/mol. The maximum absolute atomic E-state index is 11.2. The van der Waals surface area contributed by atoms with Crippen LogP contribution in [0.2, 0.25) is 0 Å². The van der Waals surface area contributed by atoms with Gasteiger partial charge < -0.3 is 9.72 Å². The molecule has 5 nitrogen and oxygen atoms in total. The van der Waals surface area contributed by atoms with Gasteiger partial charge in [0, 0.05) is 17.8 Å². The molecule has 1 aromatic heterocycles. The van der Waals surface area contributed by atoms with Crippen LogP contribution in [-0.2, 0) is 0 Å². The molecule has 17 heavy (non-hydrogen) atoms. The first-order valence-electron chi connectivity index (χ1n) is 4.88. The van der Waals surface area contributed by atoms with Crippen LogP contribution >= 0.6 is 0 Å². The summed E-state index contributed by atoms with van der Waals surface area (Å²) in [5.41, 5.74) is 0.834. The van der Waals surface area contributed by atoms with Gasteiger partial charge in [-0.25, -0.2) is 4.98 Å². The molecule has 2 rings (SSSR count). The van der Waals surface area contributed by atoms with E-state index in [9.17, 15) is 4.79 Å². The summed E-state index contributed by atoms with van der Waals surface area (Å²) in [4.78, 5) is 17.8. The number of nitriles is 1. The van der Waals surface area contributed by atoms with Crippen LogP contribution in [0.15, 0.2) is 35.3 Å². The Morgan fingerprint density at radius 3 is 2.88 bits per heavy atom. The second-order valence-electron chi connectivity index (χ2n) is 3.31. The number of methoxy groups -OCH3 is 1. The molecule has 5 heteroatoms. The lowest BCUT2D eigenvalue weighted by Crippen LogP contribution is -2.05. The van der Waals surface area contributed by atoms with Crippen molar-refractivity contribution in [3.05, 3.63) is 46.4 Å². The molecule has 1 N–H and O–H groups in total. The third-order valence-corrected chi connectivity index (χ3v) is 2.26. The first-order chi connectivity index (χ1) is 8.24. The Bertz CT molecular complexity index is 641. The minimum atomic E-state index is -0.232. The lowest BCUT2D eigenvalue weighted by molar-refractivity contribution is 0.413. The number of ether oxygens (including phenoxy) is 1. The fourth-order valence-corrected chi connectivity index (χ4v) is 1.46. The molecule has 0 radical (unpaired) electrons. The van der Waals surface area contributed by atoms with Gasteiger partial charge in [-0.1, -0.05) is 0 Å². The first-order valence-corrected chi connectivity index (χ1v) is 4.88. The van der Waals surface area contributed by atoms with Gasteiger partial charge in [-0.05, 0) is 18.2 Å². The number of nitrogens with zero attached hydrogens (tertiary/aromatic N) is 2. The van der Waals surface area contributed by atoms with Crippen molar-refractivity contribution in [1.29, 1.82) is 5.26 Å². The predicted octanol–water partition coefficient (Wildman–Crippen LogP) is 1.32. The van der Waals surface area contributed by atoms with E-state index in [1.54, 1.807) is 18.2 Å². The number of H-pyrrole nitrogens is 1. The average molecular weight is 227 g/mol. The molecule has 84 valence electrons. The molecular weight excluding hydrogens is 218 g/mol. The topological polar surface area (TPSA) is 78.8 Å². The van der Waals surface area contributed by atoms with Crippen molar-refractivity contribution in [3.63, 3.8) is 0 Å². The smallest absolute Gasteiger partial charge is 0.251 e. The summed E-state index contributed by atoms with van der Waals surface area (Å²) in [6.07, 6.45) is 1.42. The molecule has 0 bridgehead atoms. The number of nitrogens with one attached hydrogen (secondary N) is 1. The molecule has 0 aliphatic heterocycles. The fourth-order valence-electron chi connectivity index (χ4n) is 1.46. The van der Waals surface area contributed by atoms with Gasteiger partial charge in [-0.15, -0.1) is 0 Å². The van der Waals surface area contributed by atoms with Crippen LogP contribution in [-0.4, -0.2) is 17.1 Å². The summed E-state index contributed by atoms with van der Waals surface area (Å²) < 4.78 is 5.04. The Kier molecular flexibility index (Phi) is 2.88. The van der Waals surface area contributed by atoms with E-state index in [4.69, 9.17) is 10.00 Å². The van der Waals surface area contributed by atoms with E-state index >= 15 is 0 Å². The van der Waals surface area contributed by atoms with Gasteiger partial charge in [-0.2, -0.15) is 5.26 Å². The third-order valence-electron chi connectivity index (χ3n) is 2.26. The van der Waals surface area contributed by atoms with Crippen LogP contribution in [0, 0.1) is 11.3 Å². The molecule has 0 fully saturated rings. The highest BCUT2D eigenvalue weighted by atomic mass is 16.5. The van der Waals surface area contributed by atoms with Gasteiger partial charge in [0.2, 0.25) is 0 Å². The Morgan fingerprint density at radius 2 is 2.24 bits per heavy atom. The molecule has 1 heterocycles. The quantitative estimate of drug-likeness (QED) is 0.839. The van der Waals surface area contributed by atoms with E-state index in [1.807, 2.05) is 6.07 Å². The monoisotopic (exact) mass is 227 g/mol. The van der Waals surface area contributed by atoms with Gasteiger partial charge in [0.05, 0.1) is 12.7 Å². The van der Waals surface area contributed by atoms with Crippen molar-refractivity contribution >= 4 is 0 Å². The van der Waals surface area contributed by atoms with Gasteiger partial charge in [0.25, 0.3) is 5.56 Å². The molecule has 0 spiro atoms. The maximum Gasteiger partial charge on any atom is 0.251 e. The second-order valence-corrected chi connectivity index (χ2v) is 3.31. The molecular formula is C12H9N3O2. The zero-order valence-electron chi connectivity index (χ0n) is 9.10. The molecule has 1 aromatic carbocycles. The maximum atomic E-state index is 11.2. The van der Waals surface area contributed by atoms with Crippen LogP contribution in [0.1, 0.15) is 5.56 Å². The zero-order chi connectivity index (χ0) is 12.3. The van der Waals surface area contributed by atoms with Crippen LogP contribution in [0.4, 0.5) is 0 Å². The Morgan fingerprint density at radius 1 is 1.41 bits per heavy atom. The lowest BCUT2D eigenvalue weighted by atomic mass is 10.1. The van der Waals surface area contributed by atoms with Crippen LogP contribution in [0.25, 0.3) is 11.4 Å². The molecule has 0 aliphatic carbocycles. The van der Waals surface area contributed by atoms with Crippen molar-refractivity contribution in [2.24, 2.45) is 0 Å². The van der Waals surface area contributed by atoms with Gasteiger partial charge >= 0.3 is 0 Å². The van der Waals surface area contributed by atoms with Crippen molar-refractivity contribution in [1.82, 2.24) is 9.97 Å². The number of benzene rings is 1. The molecule has 0 unspecified atom stereocenters. The summed E-state index contributed by atoms with van der Waals surface area (Å²) in [6.45, 7) is 0. The highest BCUT2D eigenvalue weighted by Gasteiger charge is 2.06. The lowest BCUT2D eigenvalue weighted by Gasteiger charge is -2.04. The van der Waals surface area contributed by atoms with Crippen molar-refractivity contribution in [3.8, 4) is 23.2 Å². The Hall–Kier alpha value is -2.61. The third kappa shape index (κ3) is 2.16. The minimum Gasteiger partial charge on any atom is -0.495 e. The SMILES string of the molecule is COc1ccc(-c2nccc(=O)[nH]2)cc1C#N.